The van der Waals surface area contributed by atoms with E-state index in [9.17, 15) is 18.8 Å². The van der Waals surface area contributed by atoms with Gasteiger partial charge in [-0.25, -0.2) is 0 Å². The van der Waals surface area contributed by atoms with E-state index in [-0.39, 0.29) is 5.75 Å². The number of rotatable bonds is 9. The summed E-state index contributed by atoms with van der Waals surface area (Å²) in [6.07, 6.45) is -0.778. The molecule has 5 nitrogen and oxygen atoms in total. The second-order valence-corrected chi connectivity index (χ2v) is 7.49. The van der Waals surface area contributed by atoms with Gasteiger partial charge in [0.15, 0.2) is 0 Å². The van der Waals surface area contributed by atoms with E-state index < -0.39 is 24.1 Å². The van der Waals surface area contributed by atoms with Crippen molar-refractivity contribution in [3.63, 3.8) is 0 Å². The summed E-state index contributed by atoms with van der Waals surface area (Å²) < 4.78 is 40.6. The Bertz CT molecular complexity index is 1110. The number of benzene rings is 3. The molecule has 1 unspecified atom stereocenters. The van der Waals surface area contributed by atoms with Crippen molar-refractivity contribution in [3.05, 3.63) is 90.0 Å². The molecule has 33 heavy (non-hydrogen) atoms. The zero-order chi connectivity index (χ0) is 23.8. The van der Waals surface area contributed by atoms with E-state index in [1.54, 1.807) is 50.2 Å². The number of ether oxygens (including phenoxy) is 3. The van der Waals surface area contributed by atoms with Gasteiger partial charge < -0.3 is 14.2 Å². The lowest BCUT2D eigenvalue weighted by atomic mass is 9.80. The quantitative estimate of drug-likeness (QED) is 0.345. The van der Waals surface area contributed by atoms with Crippen molar-refractivity contribution >= 4 is 5.97 Å². The maximum Gasteiger partial charge on any atom is 0.387 e. The molecule has 2 atom stereocenters. The van der Waals surface area contributed by atoms with Gasteiger partial charge in [-0.15, -0.1) is 0 Å². The maximum atomic E-state index is 13.1. The molecule has 0 heterocycles. The monoisotopic (exact) mass is 451 g/mol. The Balaban J connectivity index is 1.78. The van der Waals surface area contributed by atoms with Gasteiger partial charge in [-0.1, -0.05) is 49.4 Å². The number of alkyl halides is 2. The molecule has 0 aliphatic carbocycles. The second-order valence-electron chi connectivity index (χ2n) is 7.49. The van der Waals surface area contributed by atoms with Crippen LogP contribution in [0.15, 0.2) is 78.9 Å². The van der Waals surface area contributed by atoms with Crippen LogP contribution < -0.4 is 9.47 Å². The molecule has 0 fully saturated rings. The number of nitrogens with zero attached hydrogens (tertiary/aromatic N) is 1. The first kappa shape index (κ1) is 23.7. The Morgan fingerprint density at radius 2 is 1.64 bits per heavy atom. The van der Waals surface area contributed by atoms with Gasteiger partial charge in [-0.2, -0.15) is 14.0 Å². The van der Waals surface area contributed by atoms with Gasteiger partial charge >= 0.3 is 12.6 Å². The van der Waals surface area contributed by atoms with Crippen molar-refractivity contribution in [1.82, 2.24) is 0 Å². The average Bonchev–Trinajstić information content (AvgIpc) is 2.82. The Kier molecular flexibility index (Phi) is 7.62. The van der Waals surface area contributed by atoms with Crippen LogP contribution in [0.5, 0.6) is 17.2 Å². The summed E-state index contributed by atoms with van der Waals surface area (Å²) in [5.41, 5.74) is -0.0516. The van der Waals surface area contributed by atoms with Crippen molar-refractivity contribution in [2.24, 2.45) is 0 Å². The van der Waals surface area contributed by atoms with Crippen molar-refractivity contribution in [3.8, 4) is 23.3 Å². The van der Waals surface area contributed by atoms with Crippen LogP contribution in [-0.4, -0.2) is 12.6 Å². The summed E-state index contributed by atoms with van der Waals surface area (Å²) in [5, 5.41) is 9.68. The molecule has 0 amide bonds. The maximum absolute atomic E-state index is 13.1. The van der Waals surface area contributed by atoms with Crippen LogP contribution in [0, 0.1) is 11.3 Å². The SMILES string of the molecule is CC[C@](C)(C(=O)OC(C#N)c1cccc(Oc2ccccc2)c1)c1ccc(OC(F)F)cc1. The van der Waals surface area contributed by atoms with Gasteiger partial charge in [0.25, 0.3) is 0 Å². The van der Waals surface area contributed by atoms with Crippen LogP contribution in [0.2, 0.25) is 0 Å². The fourth-order valence-corrected chi connectivity index (χ4v) is 3.24. The molecular weight excluding hydrogens is 428 g/mol. The molecule has 0 N–H and O–H groups in total. The minimum Gasteiger partial charge on any atom is -0.457 e. The third-order valence-electron chi connectivity index (χ3n) is 5.36. The first-order valence-corrected chi connectivity index (χ1v) is 10.3. The van der Waals surface area contributed by atoms with Crippen molar-refractivity contribution < 1.29 is 27.8 Å². The van der Waals surface area contributed by atoms with Crippen LogP contribution >= 0.6 is 0 Å². The van der Waals surface area contributed by atoms with Gasteiger partial charge in [-0.3, -0.25) is 4.79 Å². The first-order chi connectivity index (χ1) is 15.9. The molecule has 0 aliphatic rings. The first-order valence-electron chi connectivity index (χ1n) is 10.3. The fraction of sp³-hybridized carbons (Fsp3) is 0.231. The molecule has 0 saturated carbocycles. The molecule has 0 spiro atoms. The average molecular weight is 451 g/mol. The summed E-state index contributed by atoms with van der Waals surface area (Å²) in [6.45, 7) is 0.554. The number of halogens is 2. The van der Waals surface area contributed by atoms with E-state index in [1.807, 2.05) is 24.3 Å². The Morgan fingerprint density at radius 1 is 0.970 bits per heavy atom. The highest BCUT2D eigenvalue weighted by Crippen LogP contribution is 2.33. The molecule has 7 heteroatoms. The normalized spacial score (nSPS) is 13.5. The number of carbonyl (C=O) groups is 1. The molecule has 3 aromatic rings. The Labute approximate surface area is 191 Å². The van der Waals surface area contributed by atoms with E-state index >= 15 is 0 Å². The number of carbonyl (C=O) groups excluding carboxylic acids is 1. The van der Waals surface area contributed by atoms with Gasteiger partial charge in [0.05, 0.1) is 5.41 Å². The van der Waals surface area contributed by atoms with Crippen LogP contribution in [0.1, 0.15) is 37.5 Å². The third-order valence-corrected chi connectivity index (χ3v) is 5.36. The van der Waals surface area contributed by atoms with Crippen molar-refractivity contribution in [2.75, 3.05) is 0 Å². The Morgan fingerprint density at radius 3 is 2.24 bits per heavy atom. The molecular formula is C26H23F2NO4. The van der Waals surface area contributed by atoms with Crippen LogP contribution in [0.25, 0.3) is 0 Å². The smallest absolute Gasteiger partial charge is 0.387 e. The highest BCUT2D eigenvalue weighted by molar-refractivity contribution is 5.83. The van der Waals surface area contributed by atoms with E-state index in [2.05, 4.69) is 4.74 Å². The van der Waals surface area contributed by atoms with Gasteiger partial charge in [0.1, 0.15) is 23.3 Å². The topological polar surface area (TPSA) is 68.6 Å². The predicted molar refractivity (Wildman–Crippen MR) is 118 cm³/mol. The summed E-state index contributed by atoms with van der Waals surface area (Å²) in [5.74, 6) is 0.528. The minimum absolute atomic E-state index is 0.00861. The molecule has 3 rings (SSSR count). The highest BCUT2D eigenvalue weighted by atomic mass is 19.3. The summed E-state index contributed by atoms with van der Waals surface area (Å²) in [7, 11) is 0. The number of esters is 1. The van der Waals surface area contributed by atoms with E-state index in [1.165, 1.54) is 24.3 Å². The molecule has 0 aromatic heterocycles. The third kappa shape index (κ3) is 5.86. The molecule has 170 valence electrons. The fourth-order valence-electron chi connectivity index (χ4n) is 3.24. The highest BCUT2D eigenvalue weighted by Gasteiger charge is 2.37. The molecule has 0 bridgehead atoms. The van der Waals surface area contributed by atoms with E-state index in [4.69, 9.17) is 9.47 Å². The van der Waals surface area contributed by atoms with E-state index in [0.29, 0.717) is 29.0 Å². The number of hydrogen-bond donors (Lipinski definition) is 0. The van der Waals surface area contributed by atoms with Gasteiger partial charge in [0, 0.05) is 5.56 Å². The summed E-state index contributed by atoms with van der Waals surface area (Å²) in [6, 6.07) is 23.8. The molecule has 3 aromatic carbocycles. The number of para-hydroxylation sites is 1. The molecule has 0 radical (unpaired) electrons. The van der Waals surface area contributed by atoms with Crippen molar-refractivity contribution in [1.29, 1.82) is 5.26 Å². The Hall–Kier alpha value is -3.92. The van der Waals surface area contributed by atoms with E-state index in [0.717, 1.165) is 0 Å². The zero-order valence-electron chi connectivity index (χ0n) is 18.2. The summed E-state index contributed by atoms with van der Waals surface area (Å²) >= 11 is 0. The molecule has 0 saturated heterocycles. The predicted octanol–water partition coefficient (Wildman–Crippen LogP) is 6.56. The number of hydrogen-bond acceptors (Lipinski definition) is 5. The van der Waals surface area contributed by atoms with Crippen LogP contribution in [-0.2, 0) is 14.9 Å². The lowest BCUT2D eigenvalue weighted by Crippen LogP contribution is -2.34. The van der Waals surface area contributed by atoms with Crippen LogP contribution in [0.4, 0.5) is 8.78 Å². The lowest BCUT2D eigenvalue weighted by molar-refractivity contribution is -0.153. The second kappa shape index (κ2) is 10.6. The number of nitriles is 1. The van der Waals surface area contributed by atoms with Crippen molar-refractivity contribution in [2.45, 2.75) is 38.4 Å². The largest absolute Gasteiger partial charge is 0.457 e. The zero-order valence-corrected chi connectivity index (χ0v) is 18.2. The van der Waals surface area contributed by atoms with Crippen LogP contribution in [0.3, 0.4) is 0 Å². The molecule has 0 aliphatic heterocycles. The van der Waals surface area contributed by atoms with Gasteiger partial charge in [0.2, 0.25) is 6.10 Å². The lowest BCUT2D eigenvalue weighted by Gasteiger charge is -2.28. The standard InChI is InChI=1S/C26H23F2NO4/c1-3-26(2,19-12-14-21(15-13-19)32-25(27)28)24(30)33-23(17-29)18-8-7-11-22(16-18)31-20-9-5-4-6-10-20/h4-16,23,25H,3H2,1-2H3/t23?,26-/m0/s1. The minimum atomic E-state index is -2.93. The summed E-state index contributed by atoms with van der Waals surface area (Å²) in [4.78, 5) is 13.1. The van der Waals surface area contributed by atoms with Gasteiger partial charge in [-0.05, 0) is 55.3 Å².